The van der Waals surface area contributed by atoms with Crippen molar-refractivity contribution in [3.05, 3.63) is 30.6 Å². The van der Waals surface area contributed by atoms with E-state index in [1.807, 2.05) is 18.2 Å². The molecular weight excluding hydrogens is 189 g/mol. The highest BCUT2D eigenvalue weighted by atomic mass is 79.9. The molecule has 0 aliphatic rings. The zero-order valence-electron chi connectivity index (χ0n) is 4.15. The molecule has 0 atom stereocenters. The Morgan fingerprint density at radius 1 is 0.875 bits per heavy atom. The van der Waals surface area contributed by atoms with Crippen molar-refractivity contribution in [3.63, 3.8) is 0 Å². The standard InChI is InChI=1S/C5H5N.BrH.ClH/c1-2-4-6-5-3-1;;/h1-5H;2*1H. The number of nitrogens with zero attached hydrogens (tertiary/aromatic N) is 1. The number of aromatic nitrogens is 1. The van der Waals surface area contributed by atoms with E-state index < -0.39 is 0 Å². The quantitative estimate of drug-likeness (QED) is 0.619. The molecule has 0 unspecified atom stereocenters. The molecule has 0 aliphatic carbocycles. The fourth-order valence-corrected chi connectivity index (χ4v) is 0.313. The lowest BCUT2D eigenvalue weighted by atomic mass is 10.5. The van der Waals surface area contributed by atoms with Crippen molar-refractivity contribution in [3.8, 4) is 0 Å². The summed E-state index contributed by atoms with van der Waals surface area (Å²) in [5.41, 5.74) is 0. The Hall–Kier alpha value is -0.0800. The zero-order valence-corrected chi connectivity index (χ0v) is 6.68. The molecule has 0 aliphatic heterocycles. The Morgan fingerprint density at radius 3 is 1.50 bits per heavy atom. The van der Waals surface area contributed by atoms with E-state index in [-0.39, 0.29) is 29.4 Å². The molecule has 0 amide bonds. The van der Waals surface area contributed by atoms with Crippen molar-refractivity contribution in [2.45, 2.75) is 0 Å². The molecule has 3 heteroatoms. The van der Waals surface area contributed by atoms with Gasteiger partial charge >= 0.3 is 0 Å². The minimum Gasteiger partial charge on any atom is -0.265 e. The van der Waals surface area contributed by atoms with Crippen LogP contribution in [-0.2, 0) is 0 Å². The van der Waals surface area contributed by atoms with E-state index in [0.29, 0.717) is 0 Å². The molecule has 46 valence electrons. The highest BCUT2D eigenvalue weighted by Crippen LogP contribution is 1.73. The van der Waals surface area contributed by atoms with Gasteiger partial charge in [0.05, 0.1) is 0 Å². The molecule has 0 spiro atoms. The van der Waals surface area contributed by atoms with Gasteiger partial charge in [0.1, 0.15) is 0 Å². The number of pyridine rings is 1. The molecular formula is C5H7BrClN. The Morgan fingerprint density at radius 2 is 1.38 bits per heavy atom. The highest BCUT2D eigenvalue weighted by molar-refractivity contribution is 8.93. The minimum atomic E-state index is 0. The monoisotopic (exact) mass is 195 g/mol. The fraction of sp³-hybridized carbons (Fsp3) is 0. The third kappa shape index (κ3) is 4.09. The predicted molar refractivity (Wildman–Crippen MR) is 41.8 cm³/mol. The Labute approximate surface area is 65.3 Å². The first kappa shape index (κ1) is 10.8. The molecule has 1 heterocycles. The Balaban J connectivity index is 0. The summed E-state index contributed by atoms with van der Waals surface area (Å²) in [5, 5.41) is 0. The average Bonchev–Trinajstić information content (AvgIpc) is 1.72. The Bertz CT molecular complexity index is 84.4. The maximum Gasteiger partial charge on any atom is 0.0267 e. The average molecular weight is 196 g/mol. The van der Waals surface area contributed by atoms with Gasteiger partial charge in [-0.1, -0.05) is 6.07 Å². The third-order valence-corrected chi connectivity index (χ3v) is 0.566. The van der Waals surface area contributed by atoms with E-state index in [1.165, 1.54) is 0 Å². The Kier molecular flexibility index (Phi) is 9.36. The minimum absolute atomic E-state index is 0. The van der Waals surface area contributed by atoms with Gasteiger partial charge in [-0.3, -0.25) is 4.98 Å². The van der Waals surface area contributed by atoms with E-state index in [2.05, 4.69) is 4.98 Å². The van der Waals surface area contributed by atoms with Gasteiger partial charge in [-0.2, -0.15) is 0 Å². The van der Waals surface area contributed by atoms with Crippen molar-refractivity contribution in [1.29, 1.82) is 0 Å². The second kappa shape index (κ2) is 6.92. The van der Waals surface area contributed by atoms with Gasteiger partial charge < -0.3 is 0 Å². The van der Waals surface area contributed by atoms with Gasteiger partial charge in [0.2, 0.25) is 0 Å². The summed E-state index contributed by atoms with van der Waals surface area (Å²) in [4.78, 5) is 3.78. The fourth-order valence-electron chi connectivity index (χ4n) is 0.313. The second-order valence-electron chi connectivity index (χ2n) is 1.02. The van der Waals surface area contributed by atoms with Crippen molar-refractivity contribution in [2.75, 3.05) is 0 Å². The second-order valence-corrected chi connectivity index (χ2v) is 1.02. The van der Waals surface area contributed by atoms with Crippen molar-refractivity contribution in [2.24, 2.45) is 0 Å². The summed E-state index contributed by atoms with van der Waals surface area (Å²) >= 11 is 0. The summed E-state index contributed by atoms with van der Waals surface area (Å²) in [5.74, 6) is 0. The van der Waals surface area contributed by atoms with E-state index >= 15 is 0 Å². The van der Waals surface area contributed by atoms with Crippen LogP contribution in [0.25, 0.3) is 0 Å². The molecule has 0 saturated heterocycles. The number of hydrogen-bond donors (Lipinski definition) is 0. The van der Waals surface area contributed by atoms with Crippen LogP contribution in [0.1, 0.15) is 0 Å². The summed E-state index contributed by atoms with van der Waals surface area (Å²) < 4.78 is 0. The van der Waals surface area contributed by atoms with E-state index in [9.17, 15) is 0 Å². The number of hydrogen-bond acceptors (Lipinski definition) is 1. The number of halogens is 2. The van der Waals surface area contributed by atoms with Crippen molar-refractivity contribution in [1.82, 2.24) is 4.98 Å². The van der Waals surface area contributed by atoms with Crippen LogP contribution in [0.4, 0.5) is 0 Å². The molecule has 1 aromatic heterocycles. The molecule has 1 rings (SSSR count). The van der Waals surface area contributed by atoms with Gasteiger partial charge in [0.15, 0.2) is 0 Å². The van der Waals surface area contributed by atoms with Crippen molar-refractivity contribution >= 4 is 29.4 Å². The van der Waals surface area contributed by atoms with E-state index in [1.54, 1.807) is 12.4 Å². The first-order chi connectivity index (χ1) is 3.00. The van der Waals surface area contributed by atoms with Crippen LogP contribution in [0.3, 0.4) is 0 Å². The summed E-state index contributed by atoms with van der Waals surface area (Å²) in [6.07, 6.45) is 3.50. The van der Waals surface area contributed by atoms with Gasteiger partial charge in [0, 0.05) is 12.4 Å². The van der Waals surface area contributed by atoms with Gasteiger partial charge in [-0.25, -0.2) is 0 Å². The van der Waals surface area contributed by atoms with Crippen LogP contribution in [-0.4, -0.2) is 4.98 Å². The van der Waals surface area contributed by atoms with E-state index in [0.717, 1.165) is 0 Å². The van der Waals surface area contributed by atoms with Crippen LogP contribution in [0, 0.1) is 0 Å². The largest absolute Gasteiger partial charge is 0.265 e. The molecule has 0 fully saturated rings. The predicted octanol–water partition coefficient (Wildman–Crippen LogP) is 2.08. The smallest absolute Gasteiger partial charge is 0.0267 e. The maximum absolute atomic E-state index is 3.78. The maximum atomic E-state index is 3.78. The molecule has 1 nitrogen and oxygen atoms in total. The highest BCUT2D eigenvalue weighted by Gasteiger charge is 1.58. The lowest BCUT2D eigenvalue weighted by Gasteiger charge is -1.70. The summed E-state index contributed by atoms with van der Waals surface area (Å²) in [6, 6.07) is 5.72. The lowest BCUT2D eigenvalue weighted by Crippen LogP contribution is -1.58. The van der Waals surface area contributed by atoms with Crippen LogP contribution in [0.5, 0.6) is 0 Å². The normalized spacial score (nSPS) is 6.00. The first-order valence-electron chi connectivity index (χ1n) is 1.85. The molecule has 0 bridgehead atoms. The molecule has 0 N–H and O–H groups in total. The molecule has 1 aromatic rings. The molecule has 0 radical (unpaired) electrons. The summed E-state index contributed by atoms with van der Waals surface area (Å²) in [7, 11) is 0. The SMILES string of the molecule is Br.Cl.c1ccncc1. The topological polar surface area (TPSA) is 12.9 Å². The van der Waals surface area contributed by atoms with Gasteiger partial charge in [0.25, 0.3) is 0 Å². The molecule has 8 heavy (non-hydrogen) atoms. The van der Waals surface area contributed by atoms with Crippen LogP contribution < -0.4 is 0 Å². The van der Waals surface area contributed by atoms with Crippen LogP contribution in [0.2, 0.25) is 0 Å². The van der Waals surface area contributed by atoms with Gasteiger partial charge in [-0.05, 0) is 12.1 Å². The zero-order chi connectivity index (χ0) is 4.24. The van der Waals surface area contributed by atoms with Gasteiger partial charge in [-0.15, -0.1) is 29.4 Å². The molecule has 0 aromatic carbocycles. The first-order valence-corrected chi connectivity index (χ1v) is 1.85. The third-order valence-electron chi connectivity index (χ3n) is 0.566. The van der Waals surface area contributed by atoms with E-state index in [4.69, 9.17) is 0 Å². The lowest BCUT2D eigenvalue weighted by molar-refractivity contribution is 1.33. The number of rotatable bonds is 0. The van der Waals surface area contributed by atoms with Crippen LogP contribution in [0.15, 0.2) is 30.6 Å². The summed E-state index contributed by atoms with van der Waals surface area (Å²) in [6.45, 7) is 0. The van der Waals surface area contributed by atoms with Crippen LogP contribution >= 0.6 is 29.4 Å². The van der Waals surface area contributed by atoms with Crippen molar-refractivity contribution < 1.29 is 0 Å². The molecule has 0 saturated carbocycles.